The zero-order chi connectivity index (χ0) is 8.10. The Morgan fingerprint density at radius 3 is 3.27 bits per heavy atom. The molecule has 0 bridgehead atoms. The van der Waals surface area contributed by atoms with Crippen LogP contribution in [0.1, 0.15) is 5.69 Å². The number of aromatic nitrogens is 2. The molecule has 0 radical (unpaired) electrons. The molecule has 4 heteroatoms. The first kappa shape index (κ1) is 7.76. The number of rotatable bonds is 2. The van der Waals surface area contributed by atoms with E-state index >= 15 is 0 Å². The SMILES string of the molecule is C#CCNC(=S)c1ccn[nH]1. The number of nitrogens with zero attached hydrogens (tertiary/aromatic N) is 1. The van der Waals surface area contributed by atoms with Crippen molar-refractivity contribution in [1.29, 1.82) is 0 Å². The van der Waals surface area contributed by atoms with Gasteiger partial charge in [0.2, 0.25) is 0 Å². The molecule has 0 amide bonds. The van der Waals surface area contributed by atoms with Crippen LogP contribution in [-0.2, 0) is 0 Å². The molecule has 1 rings (SSSR count). The Hall–Kier alpha value is -1.34. The third-order valence-corrected chi connectivity index (χ3v) is 1.46. The van der Waals surface area contributed by atoms with Gasteiger partial charge in [-0.1, -0.05) is 18.1 Å². The summed E-state index contributed by atoms with van der Waals surface area (Å²) < 4.78 is 0. The number of thiocarbonyl (C=S) groups is 1. The first-order valence-corrected chi connectivity index (χ1v) is 3.46. The maximum atomic E-state index is 5.03. The second-order valence-corrected chi connectivity index (χ2v) is 2.27. The van der Waals surface area contributed by atoms with Crippen LogP contribution in [0.2, 0.25) is 0 Å². The van der Waals surface area contributed by atoms with Gasteiger partial charge in [-0.25, -0.2) is 0 Å². The molecule has 1 heterocycles. The van der Waals surface area contributed by atoms with Gasteiger partial charge in [0.15, 0.2) is 0 Å². The van der Waals surface area contributed by atoms with Crippen LogP contribution in [-0.4, -0.2) is 21.7 Å². The lowest BCUT2D eigenvalue weighted by Gasteiger charge is -1.99. The highest BCUT2D eigenvalue weighted by Crippen LogP contribution is 1.91. The van der Waals surface area contributed by atoms with Gasteiger partial charge < -0.3 is 5.32 Å². The van der Waals surface area contributed by atoms with E-state index in [1.165, 1.54) is 0 Å². The van der Waals surface area contributed by atoms with Crippen molar-refractivity contribution in [3.8, 4) is 12.3 Å². The molecule has 2 N–H and O–H groups in total. The van der Waals surface area contributed by atoms with Crippen molar-refractivity contribution in [2.75, 3.05) is 6.54 Å². The highest BCUT2D eigenvalue weighted by molar-refractivity contribution is 7.80. The molecule has 1 aromatic rings. The van der Waals surface area contributed by atoms with E-state index in [1.54, 1.807) is 12.3 Å². The first-order chi connectivity index (χ1) is 5.34. The minimum absolute atomic E-state index is 0.442. The van der Waals surface area contributed by atoms with Crippen LogP contribution in [0.25, 0.3) is 0 Å². The van der Waals surface area contributed by atoms with E-state index in [9.17, 15) is 0 Å². The second-order valence-electron chi connectivity index (χ2n) is 1.86. The molecular formula is C7H7N3S. The monoisotopic (exact) mass is 165 g/mol. The van der Waals surface area contributed by atoms with Gasteiger partial charge in [0.1, 0.15) is 4.99 Å². The van der Waals surface area contributed by atoms with Crippen molar-refractivity contribution >= 4 is 17.2 Å². The number of hydrogen-bond acceptors (Lipinski definition) is 2. The van der Waals surface area contributed by atoms with Gasteiger partial charge in [0, 0.05) is 6.20 Å². The summed E-state index contributed by atoms with van der Waals surface area (Å²) in [6, 6.07) is 1.78. The average Bonchev–Trinajstić information content (AvgIpc) is 2.52. The molecule has 0 unspecified atom stereocenters. The molecule has 11 heavy (non-hydrogen) atoms. The van der Waals surface area contributed by atoms with Gasteiger partial charge >= 0.3 is 0 Å². The van der Waals surface area contributed by atoms with Crippen molar-refractivity contribution < 1.29 is 0 Å². The predicted octanol–water partition coefficient (Wildman–Crippen LogP) is 0.308. The topological polar surface area (TPSA) is 40.7 Å². The van der Waals surface area contributed by atoms with Crippen LogP contribution in [0.5, 0.6) is 0 Å². The van der Waals surface area contributed by atoms with Gasteiger partial charge in [-0.2, -0.15) is 5.10 Å². The van der Waals surface area contributed by atoms with Crippen LogP contribution < -0.4 is 5.32 Å². The number of nitrogens with one attached hydrogen (secondary N) is 2. The molecule has 0 fully saturated rings. The third kappa shape index (κ3) is 2.06. The number of aromatic amines is 1. The zero-order valence-corrected chi connectivity index (χ0v) is 6.61. The Kier molecular flexibility index (Phi) is 2.64. The van der Waals surface area contributed by atoms with Gasteiger partial charge in [-0.05, 0) is 6.07 Å². The Labute approximate surface area is 70.2 Å². The van der Waals surface area contributed by atoms with E-state index in [4.69, 9.17) is 18.6 Å². The predicted molar refractivity (Wildman–Crippen MR) is 47.1 cm³/mol. The zero-order valence-electron chi connectivity index (χ0n) is 5.79. The largest absolute Gasteiger partial charge is 0.364 e. The van der Waals surface area contributed by atoms with E-state index in [0.29, 0.717) is 11.5 Å². The van der Waals surface area contributed by atoms with Crippen LogP contribution in [0.15, 0.2) is 12.3 Å². The summed E-state index contributed by atoms with van der Waals surface area (Å²) in [5.74, 6) is 2.43. The summed E-state index contributed by atoms with van der Waals surface area (Å²) in [4.78, 5) is 0.598. The molecule has 0 aliphatic carbocycles. The smallest absolute Gasteiger partial charge is 0.125 e. The summed E-state index contributed by atoms with van der Waals surface area (Å²) in [6.07, 6.45) is 6.67. The second kappa shape index (κ2) is 3.74. The van der Waals surface area contributed by atoms with E-state index in [1.807, 2.05) is 0 Å². The number of hydrogen-bond donors (Lipinski definition) is 2. The molecule has 1 aromatic heterocycles. The van der Waals surface area contributed by atoms with Crippen molar-refractivity contribution in [2.24, 2.45) is 0 Å². The molecule has 0 aliphatic rings. The molecule has 3 nitrogen and oxygen atoms in total. The summed E-state index contributed by atoms with van der Waals surface area (Å²) in [5.41, 5.74) is 0.787. The molecule has 0 aromatic carbocycles. The van der Waals surface area contributed by atoms with E-state index in [-0.39, 0.29) is 0 Å². The fourth-order valence-electron chi connectivity index (χ4n) is 0.609. The molecule has 0 atom stereocenters. The highest BCUT2D eigenvalue weighted by atomic mass is 32.1. The Morgan fingerprint density at radius 2 is 2.73 bits per heavy atom. The third-order valence-electron chi connectivity index (χ3n) is 1.10. The summed E-state index contributed by atoms with van der Waals surface area (Å²) in [7, 11) is 0. The van der Waals surface area contributed by atoms with E-state index in [0.717, 1.165) is 5.69 Å². The number of H-pyrrole nitrogens is 1. The normalized spacial score (nSPS) is 8.64. The minimum atomic E-state index is 0.442. The lowest BCUT2D eigenvalue weighted by atomic mass is 10.4. The highest BCUT2D eigenvalue weighted by Gasteiger charge is 1.98. The van der Waals surface area contributed by atoms with Crippen LogP contribution in [0, 0.1) is 12.3 Å². The first-order valence-electron chi connectivity index (χ1n) is 3.05. The maximum Gasteiger partial charge on any atom is 0.125 e. The van der Waals surface area contributed by atoms with Crippen LogP contribution >= 0.6 is 12.2 Å². The summed E-state index contributed by atoms with van der Waals surface area (Å²) >= 11 is 4.96. The molecular weight excluding hydrogens is 158 g/mol. The standard InChI is InChI=1S/C7H7N3S/c1-2-4-8-7(11)6-3-5-9-10-6/h1,3,5H,4H2,(H,8,11)(H,9,10). The van der Waals surface area contributed by atoms with Crippen molar-refractivity contribution in [1.82, 2.24) is 15.5 Å². The van der Waals surface area contributed by atoms with Crippen molar-refractivity contribution in [3.63, 3.8) is 0 Å². The summed E-state index contributed by atoms with van der Waals surface area (Å²) in [5, 5.41) is 9.33. The molecule has 56 valence electrons. The van der Waals surface area contributed by atoms with Crippen LogP contribution in [0.3, 0.4) is 0 Å². The van der Waals surface area contributed by atoms with Crippen LogP contribution in [0.4, 0.5) is 0 Å². The average molecular weight is 165 g/mol. The number of terminal acetylenes is 1. The summed E-state index contributed by atoms with van der Waals surface area (Å²) in [6.45, 7) is 0.442. The van der Waals surface area contributed by atoms with Crippen molar-refractivity contribution in [2.45, 2.75) is 0 Å². The van der Waals surface area contributed by atoms with Gasteiger partial charge in [0.05, 0.1) is 12.2 Å². The maximum absolute atomic E-state index is 5.03. The lowest BCUT2D eigenvalue weighted by Crippen LogP contribution is -2.22. The van der Waals surface area contributed by atoms with E-state index < -0.39 is 0 Å². The molecule has 0 saturated carbocycles. The molecule has 0 spiro atoms. The van der Waals surface area contributed by atoms with Gasteiger partial charge in [0.25, 0.3) is 0 Å². The fourth-order valence-corrected chi connectivity index (χ4v) is 0.795. The Morgan fingerprint density at radius 1 is 1.91 bits per heavy atom. The van der Waals surface area contributed by atoms with Crippen molar-refractivity contribution in [3.05, 3.63) is 18.0 Å². The van der Waals surface area contributed by atoms with Gasteiger partial charge in [-0.15, -0.1) is 6.42 Å². The quantitative estimate of drug-likeness (QED) is 0.489. The fraction of sp³-hybridized carbons (Fsp3) is 0.143. The Bertz CT molecular complexity index is 270. The molecule has 0 aliphatic heterocycles. The van der Waals surface area contributed by atoms with Gasteiger partial charge in [-0.3, -0.25) is 5.10 Å². The Balaban J connectivity index is 2.51. The van der Waals surface area contributed by atoms with E-state index in [2.05, 4.69) is 21.4 Å². The minimum Gasteiger partial charge on any atom is -0.364 e. The lowest BCUT2D eigenvalue weighted by molar-refractivity contribution is 1.04. The molecule has 0 saturated heterocycles.